The number of hydrogen-bond donors (Lipinski definition) is 3. The highest BCUT2D eigenvalue weighted by Crippen LogP contribution is 2.16. The van der Waals surface area contributed by atoms with E-state index in [2.05, 4.69) is 6.92 Å². The van der Waals surface area contributed by atoms with Gasteiger partial charge in [0.25, 0.3) is 0 Å². The predicted molar refractivity (Wildman–Crippen MR) is 98.6 cm³/mol. The summed E-state index contributed by atoms with van der Waals surface area (Å²) in [7, 11) is 0. The molecule has 0 heterocycles. The van der Waals surface area contributed by atoms with E-state index >= 15 is 0 Å². The lowest BCUT2D eigenvalue weighted by Crippen LogP contribution is -2.05. The molecule has 3 N–H and O–H groups in total. The van der Waals surface area contributed by atoms with Gasteiger partial charge in [-0.2, -0.15) is 0 Å². The fourth-order valence-electron chi connectivity index (χ4n) is 3.00. The van der Waals surface area contributed by atoms with Crippen LogP contribution in [0.1, 0.15) is 96.8 Å². The maximum atomic E-state index is 9.27. The van der Waals surface area contributed by atoms with Gasteiger partial charge in [-0.25, -0.2) is 0 Å². The first-order valence-corrected chi connectivity index (χ1v) is 9.82. The van der Waals surface area contributed by atoms with E-state index in [1.165, 1.54) is 77.0 Å². The standard InChI is InChI=1S/C20H40O3/c1-2-3-4-5-6-7-8-9-10-11-12-13-14-15-19(16-21)20(17-22)18-23/h21-23H,2-18H2,1H3. The van der Waals surface area contributed by atoms with Crippen LogP contribution in [0.25, 0.3) is 0 Å². The van der Waals surface area contributed by atoms with Crippen molar-refractivity contribution < 1.29 is 15.3 Å². The predicted octanol–water partition coefficient (Wildman–Crippen LogP) is 4.74. The fraction of sp³-hybridized carbons (Fsp3) is 0.900. The van der Waals surface area contributed by atoms with Gasteiger partial charge < -0.3 is 15.3 Å². The fourth-order valence-corrected chi connectivity index (χ4v) is 3.00. The summed E-state index contributed by atoms with van der Waals surface area (Å²) in [5, 5.41) is 27.5. The van der Waals surface area contributed by atoms with Crippen LogP contribution in [0.2, 0.25) is 0 Å². The van der Waals surface area contributed by atoms with Crippen LogP contribution in [0, 0.1) is 0 Å². The minimum Gasteiger partial charge on any atom is -0.392 e. The van der Waals surface area contributed by atoms with Gasteiger partial charge >= 0.3 is 0 Å². The molecule has 0 bridgehead atoms. The summed E-state index contributed by atoms with van der Waals surface area (Å²) >= 11 is 0. The highest BCUT2D eigenvalue weighted by atomic mass is 16.3. The zero-order valence-electron chi connectivity index (χ0n) is 15.4. The normalized spacial score (nSPS) is 11.0. The van der Waals surface area contributed by atoms with E-state index in [1.807, 2.05) is 0 Å². The Morgan fingerprint density at radius 1 is 0.478 bits per heavy atom. The molecule has 0 saturated heterocycles. The van der Waals surface area contributed by atoms with Crippen LogP contribution < -0.4 is 0 Å². The molecule has 0 aromatic rings. The molecule has 0 aliphatic carbocycles. The maximum absolute atomic E-state index is 9.27. The van der Waals surface area contributed by atoms with E-state index in [4.69, 9.17) is 10.2 Å². The first-order chi connectivity index (χ1) is 11.3. The minimum absolute atomic E-state index is 0.0469. The number of aliphatic hydroxyl groups excluding tert-OH is 3. The van der Waals surface area contributed by atoms with Gasteiger partial charge in [-0.15, -0.1) is 0 Å². The number of aliphatic hydroxyl groups is 3. The van der Waals surface area contributed by atoms with Gasteiger partial charge in [0.1, 0.15) is 0 Å². The summed E-state index contributed by atoms with van der Waals surface area (Å²) in [6, 6.07) is 0. The second-order valence-corrected chi connectivity index (χ2v) is 6.67. The molecule has 0 fully saturated rings. The maximum Gasteiger partial charge on any atom is 0.0667 e. The van der Waals surface area contributed by atoms with E-state index in [-0.39, 0.29) is 19.8 Å². The van der Waals surface area contributed by atoms with Crippen molar-refractivity contribution in [3.63, 3.8) is 0 Å². The molecular weight excluding hydrogens is 288 g/mol. The molecule has 0 saturated carbocycles. The van der Waals surface area contributed by atoms with Crippen LogP contribution in [-0.2, 0) is 0 Å². The highest BCUT2D eigenvalue weighted by molar-refractivity contribution is 5.15. The van der Waals surface area contributed by atoms with Crippen molar-refractivity contribution in [1.82, 2.24) is 0 Å². The SMILES string of the molecule is CCCCCCCCCCCCCCCC(CO)=C(CO)CO. The Bertz CT molecular complexity index is 268. The lowest BCUT2D eigenvalue weighted by molar-refractivity contribution is 0.264. The van der Waals surface area contributed by atoms with Gasteiger partial charge in [0.15, 0.2) is 0 Å². The molecule has 0 unspecified atom stereocenters. The van der Waals surface area contributed by atoms with Crippen molar-refractivity contribution in [2.45, 2.75) is 96.8 Å². The second kappa shape index (κ2) is 18.0. The summed E-state index contributed by atoms with van der Waals surface area (Å²) in [6.07, 6.45) is 18.0. The molecule has 138 valence electrons. The Morgan fingerprint density at radius 3 is 1.17 bits per heavy atom. The summed E-state index contributed by atoms with van der Waals surface area (Å²) in [6.45, 7) is 1.92. The van der Waals surface area contributed by atoms with Gasteiger partial charge in [-0.3, -0.25) is 0 Å². The first-order valence-electron chi connectivity index (χ1n) is 9.82. The highest BCUT2D eigenvalue weighted by Gasteiger charge is 2.04. The molecule has 0 atom stereocenters. The number of rotatable bonds is 17. The molecule has 0 aromatic carbocycles. The summed E-state index contributed by atoms with van der Waals surface area (Å²) in [4.78, 5) is 0. The van der Waals surface area contributed by atoms with Crippen molar-refractivity contribution in [2.24, 2.45) is 0 Å². The van der Waals surface area contributed by atoms with Crippen LogP contribution in [0.3, 0.4) is 0 Å². The lowest BCUT2D eigenvalue weighted by Gasteiger charge is -2.09. The Labute approximate surface area is 143 Å². The van der Waals surface area contributed by atoms with Crippen LogP contribution in [0.15, 0.2) is 11.1 Å². The summed E-state index contributed by atoms with van der Waals surface area (Å²) in [5.74, 6) is 0. The molecule has 23 heavy (non-hydrogen) atoms. The topological polar surface area (TPSA) is 60.7 Å². The second-order valence-electron chi connectivity index (χ2n) is 6.67. The van der Waals surface area contributed by atoms with Gasteiger partial charge in [0.05, 0.1) is 19.8 Å². The van der Waals surface area contributed by atoms with Gasteiger partial charge in [0.2, 0.25) is 0 Å². The molecule has 0 amide bonds. The smallest absolute Gasteiger partial charge is 0.0667 e. The van der Waals surface area contributed by atoms with Crippen LogP contribution >= 0.6 is 0 Å². The van der Waals surface area contributed by atoms with Crippen molar-refractivity contribution >= 4 is 0 Å². The Morgan fingerprint density at radius 2 is 0.826 bits per heavy atom. The third-order valence-electron chi connectivity index (χ3n) is 4.65. The average Bonchev–Trinajstić information content (AvgIpc) is 2.58. The molecule has 3 nitrogen and oxygen atoms in total. The van der Waals surface area contributed by atoms with Gasteiger partial charge in [-0.1, -0.05) is 84.0 Å². The lowest BCUT2D eigenvalue weighted by atomic mass is 10.0. The Kier molecular flexibility index (Phi) is 17.7. The Balaban J connectivity index is 3.38. The average molecular weight is 329 g/mol. The minimum atomic E-state index is -0.148. The summed E-state index contributed by atoms with van der Waals surface area (Å²) in [5.41, 5.74) is 1.41. The molecule has 0 aromatic heterocycles. The zero-order valence-corrected chi connectivity index (χ0v) is 15.4. The monoisotopic (exact) mass is 328 g/mol. The van der Waals surface area contributed by atoms with E-state index < -0.39 is 0 Å². The van der Waals surface area contributed by atoms with Crippen molar-refractivity contribution in [3.8, 4) is 0 Å². The molecule has 0 radical (unpaired) electrons. The first kappa shape index (κ1) is 22.6. The van der Waals surface area contributed by atoms with E-state index in [0.29, 0.717) is 5.57 Å². The third kappa shape index (κ3) is 13.7. The van der Waals surface area contributed by atoms with E-state index in [9.17, 15) is 5.11 Å². The molecule has 0 rings (SSSR count). The third-order valence-corrected chi connectivity index (χ3v) is 4.65. The molecule has 0 aliphatic heterocycles. The van der Waals surface area contributed by atoms with E-state index in [0.717, 1.165) is 18.4 Å². The van der Waals surface area contributed by atoms with Crippen LogP contribution in [-0.4, -0.2) is 35.1 Å². The summed E-state index contributed by atoms with van der Waals surface area (Å²) < 4.78 is 0. The quantitative estimate of drug-likeness (QED) is 0.267. The van der Waals surface area contributed by atoms with Crippen molar-refractivity contribution in [3.05, 3.63) is 11.1 Å². The van der Waals surface area contributed by atoms with Crippen LogP contribution in [0.5, 0.6) is 0 Å². The molecule has 0 aliphatic rings. The van der Waals surface area contributed by atoms with Crippen molar-refractivity contribution in [2.75, 3.05) is 19.8 Å². The molecule has 0 spiro atoms. The molecular formula is C20H40O3. The van der Waals surface area contributed by atoms with Crippen molar-refractivity contribution in [1.29, 1.82) is 0 Å². The Hall–Kier alpha value is -0.380. The van der Waals surface area contributed by atoms with Gasteiger partial charge in [0, 0.05) is 0 Å². The van der Waals surface area contributed by atoms with E-state index in [1.54, 1.807) is 0 Å². The van der Waals surface area contributed by atoms with Gasteiger partial charge in [-0.05, 0) is 24.0 Å². The number of hydrogen-bond acceptors (Lipinski definition) is 3. The number of unbranched alkanes of at least 4 members (excludes halogenated alkanes) is 12. The largest absolute Gasteiger partial charge is 0.392 e. The van der Waals surface area contributed by atoms with Crippen LogP contribution in [0.4, 0.5) is 0 Å². The zero-order chi connectivity index (χ0) is 17.2. The molecule has 3 heteroatoms.